The van der Waals surface area contributed by atoms with Gasteiger partial charge >= 0.3 is 0 Å². The van der Waals surface area contributed by atoms with Crippen LogP contribution in [0.1, 0.15) is 35.6 Å². The molecule has 4 rings (SSSR count). The standard InChI is InChI=1S/C29H28ClNO4S/c1-3-34-25-17-23(16-24(30)27(25)35-19-22-12-7-9-20(2)15-22)18-26-28(32)31(29(33)36-26)14-8-13-21-10-5-4-6-11-21/h4-7,9-12,15-18H,3,8,13-14,19H2,1-2H3/b26-18+. The maximum atomic E-state index is 12.9. The molecule has 186 valence electrons. The van der Waals surface area contributed by atoms with E-state index in [1.807, 2.05) is 62.4 Å². The Kier molecular flexibility index (Phi) is 8.73. The van der Waals surface area contributed by atoms with Gasteiger partial charge in [-0.3, -0.25) is 14.5 Å². The fourth-order valence-corrected chi connectivity index (χ4v) is 5.10. The molecule has 3 aromatic rings. The van der Waals surface area contributed by atoms with Crippen molar-refractivity contribution in [2.45, 2.75) is 33.3 Å². The number of imide groups is 1. The minimum absolute atomic E-state index is 0.256. The highest BCUT2D eigenvalue weighted by Crippen LogP contribution is 2.39. The predicted molar refractivity (Wildman–Crippen MR) is 146 cm³/mol. The van der Waals surface area contributed by atoms with E-state index in [2.05, 4.69) is 6.07 Å². The molecule has 1 aliphatic heterocycles. The average Bonchev–Trinajstić information content (AvgIpc) is 3.12. The Morgan fingerprint density at radius 3 is 2.50 bits per heavy atom. The second-order valence-corrected chi connectivity index (χ2v) is 9.86. The number of carbonyl (C=O) groups excluding carboxylic acids is 2. The summed E-state index contributed by atoms with van der Waals surface area (Å²) < 4.78 is 11.8. The van der Waals surface area contributed by atoms with Crippen LogP contribution in [0.5, 0.6) is 11.5 Å². The molecular weight excluding hydrogens is 494 g/mol. The smallest absolute Gasteiger partial charge is 0.293 e. The van der Waals surface area contributed by atoms with Crippen molar-refractivity contribution in [2.24, 2.45) is 0 Å². The van der Waals surface area contributed by atoms with Crippen molar-refractivity contribution in [2.75, 3.05) is 13.2 Å². The van der Waals surface area contributed by atoms with Crippen LogP contribution < -0.4 is 9.47 Å². The van der Waals surface area contributed by atoms with Crippen LogP contribution in [0.3, 0.4) is 0 Å². The number of nitrogens with zero attached hydrogens (tertiary/aromatic N) is 1. The molecule has 1 saturated heterocycles. The molecule has 1 heterocycles. The van der Waals surface area contributed by atoms with Gasteiger partial charge in [0.25, 0.3) is 11.1 Å². The van der Waals surface area contributed by atoms with Crippen LogP contribution in [0, 0.1) is 6.92 Å². The number of amides is 2. The van der Waals surface area contributed by atoms with Gasteiger partial charge < -0.3 is 9.47 Å². The third-order valence-corrected chi connectivity index (χ3v) is 6.85. The molecule has 7 heteroatoms. The van der Waals surface area contributed by atoms with Gasteiger partial charge in [-0.05, 0) is 73.4 Å². The minimum atomic E-state index is -0.285. The van der Waals surface area contributed by atoms with E-state index in [1.54, 1.807) is 18.2 Å². The zero-order valence-electron chi connectivity index (χ0n) is 20.3. The van der Waals surface area contributed by atoms with Gasteiger partial charge in [-0.2, -0.15) is 0 Å². The van der Waals surface area contributed by atoms with E-state index >= 15 is 0 Å². The largest absolute Gasteiger partial charge is 0.490 e. The Morgan fingerprint density at radius 2 is 1.75 bits per heavy atom. The van der Waals surface area contributed by atoms with Crippen LogP contribution in [-0.2, 0) is 17.8 Å². The summed E-state index contributed by atoms with van der Waals surface area (Å²) in [5.41, 5.74) is 4.03. The molecular formula is C29H28ClNO4S. The van der Waals surface area contributed by atoms with Crippen LogP contribution in [-0.4, -0.2) is 29.2 Å². The highest BCUT2D eigenvalue weighted by atomic mass is 35.5. The number of hydrogen-bond donors (Lipinski definition) is 0. The number of aryl methyl sites for hydroxylation is 2. The Labute approximate surface area is 221 Å². The molecule has 0 atom stereocenters. The van der Waals surface area contributed by atoms with Gasteiger partial charge in [-0.25, -0.2) is 0 Å². The fraction of sp³-hybridized carbons (Fsp3) is 0.241. The first-order chi connectivity index (χ1) is 17.4. The van der Waals surface area contributed by atoms with Gasteiger partial charge in [-0.15, -0.1) is 0 Å². The number of benzene rings is 3. The first-order valence-corrected chi connectivity index (χ1v) is 13.1. The second-order valence-electron chi connectivity index (χ2n) is 8.46. The van der Waals surface area contributed by atoms with Crippen molar-refractivity contribution in [3.05, 3.63) is 98.9 Å². The van der Waals surface area contributed by atoms with Gasteiger partial charge in [0, 0.05) is 6.54 Å². The summed E-state index contributed by atoms with van der Waals surface area (Å²) >= 11 is 7.51. The summed E-state index contributed by atoms with van der Waals surface area (Å²) in [5, 5.41) is 0.121. The Bertz CT molecular complexity index is 1280. The van der Waals surface area contributed by atoms with Crippen molar-refractivity contribution in [3.8, 4) is 11.5 Å². The van der Waals surface area contributed by atoms with E-state index in [9.17, 15) is 9.59 Å². The van der Waals surface area contributed by atoms with E-state index in [0.29, 0.717) is 53.2 Å². The molecule has 2 amide bonds. The zero-order chi connectivity index (χ0) is 25.5. The molecule has 1 aliphatic rings. The van der Waals surface area contributed by atoms with E-state index in [-0.39, 0.29) is 11.1 Å². The number of thioether (sulfide) groups is 1. The average molecular weight is 522 g/mol. The van der Waals surface area contributed by atoms with Gasteiger partial charge in [0.1, 0.15) is 6.61 Å². The maximum Gasteiger partial charge on any atom is 0.293 e. The number of hydrogen-bond acceptors (Lipinski definition) is 5. The first kappa shape index (κ1) is 25.9. The SMILES string of the molecule is CCOc1cc(/C=C2/SC(=O)N(CCCc3ccccc3)C2=O)cc(Cl)c1OCc1cccc(C)c1. The fourth-order valence-electron chi connectivity index (χ4n) is 3.96. The van der Waals surface area contributed by atoms with E-state index < -0.39 is 0 Å². The quantitative estimate of drug-likeness (QED) is 0.262. The molecule has 0 unspecified atom stereocenters. The lowest BCUT2D eigenvalue weighted by atomic mass is 10.1. The van der Waals surface area contributed by atoms with Gasteiger partial charge in [0.15, 0.2) is 11.5 Å². The molecule has 1 fully saturated rings. The number of rotatable bonds is 10. The van der Waals surface area contributed by atoms with Crippen molar-refractivity contribution in [1.82, 2.24) is 4.90 Å². The maximum absolute atomic E-state index is 12.9. The Hall–Kier alpha value is -3.22. The number of halogens is 1. The molecule has 36 heavy (non-hydrogen) atoms. The Balaban J connectivity index is 1.47. The van der Waals surface area contributed by atoms with Gasteiger partial charge in [0.05, 0.1) is 16.5 Å². The molecule has 0 spiro atoms. The lowest BCUT2D eigenvalue weighted by molar-refractivity contribution is -0.122. The van der Waals surface area contributed by atoms with Crippen LogP contribution in [0.25, 0.3) is 6.08 Å². The summed E-state index contributed by atoms with van der Waals surface area (Å²) in [7, 11) is 0. The molecule has 0 N–H and O–H groups in total. The van der Waals surface area contributed by atoms with Crippen molar-refractivity contribution in [1.29, 1.82) is 0 Å². The van der Waals surface area contributed by atoms with Crippen molar-refractivity contribution in [3.63, 3.8) is 0 Å². The monoisotopic (exact) mass is 521 g/mol. The molecule has 0 aliphatic carbocycles. The molecule has 0 bridgehead atoms. The van der Waals surface area contributed by atoms with E-state index in [4.69, 9.17) is 21.1 Å². The van der Waals surface area contributed by atoms with E-state index in [0.717, 1.165) is 29.3 Å². The highest BCUT2D eigenvalue weighted by molar-refractivity contribution is 8.18. The van der Waals surface area contributed by atoms with Crippen molar-refractivity contribution < 1.29 is 19.1 Å². The predicted octanol–water partition coefficient (Wildman–Crippen LogP) is 7.30. The van der Waals surface area contributed by atoms with Crippen LogP contribution in [0.4, 0.5) is 4.79 Å². The zero-order valence-corrected chi connectivity index (χ0v) is 21.9. The molecule has 0 saturated carbocycles. The lowest BCUT2D eigenvalue weighted by Gasteiger charge is -2.15. The molecule has 0 aromatic heterocycles. The number of carbonyl (C=O) groups is 2. The van der Waals surface area contributed by atoms with Crippen LogP contribution >= 0.6 is 23.4 Å². The van der Waals surface area contributed by atoms with Crippen molar-refractivity contribution >= 4 is 40.6 Å². The lowest BCUT2D eigenvalue weighted by Crippen LogP contribution is -2.29. The third-order valence-electron chi connectivity index (χ3n) is 5.66. The van der Waals surface area contributed by atoms with Gasteiger partial charge in [0.2, 0.25) is 0 Å². The topological polar surface area (TPSA) is 55.8 Å². The van der Waals surface area contributed by atoms with Crippen LogP contribution in [0.15, 0.2) is 71.6 Å². The third kappa shape index (κ3) is 6.50. The van der Waals surface area contributed by atoms with E-state index in [1.165, 1.54) is 10.5 Å². The summed E-state index contributed by atoms with van der Waals surface area (Å²) in [6.07, 6.45) is 3.20. The molecule has 0 radical (unpaired) electrons. The minimum Gasteiger partial charge on any atom is -0.490 e. The summed E-state index contributed by atoms with van der Waals surface area (Å²) in [5.74, 6) is 0.657. The summed E-state index contributed by atoms with van der Waals surface area (Å²) in [4.78, 5) is 27.1. The van der Waals surface area contributed by atoms with Crippen LogP contribution in [0.2, 0.25) is 5.02 Å². The summed E-state index contributed by atoms with van der Waals surface area (Å²) in [6, 6.07) is 21.6. The summed E-state index contributed by atoms with van der Waals surface area (Å²) in [6.45, 7) is 5.07. The molecule has 5 nitrogen and oxygen atoms in total. The normalized spacial score (nSPS) is 14.5. The number of ether oxygens (including phenoxy) is 2. The molecule has 3 aromatic carbocycles. The first-order valence-electron chi connectivity index (χ1n) is 11.9. The van der Waals surface area contributed by atoms with Gasteiger partial charge in [-0.1, -0.05) is 71.8 Å². The second kappa shape index (κ2) is 12.2. The Morgan fingerprint density at radius 1 is 0.972 bits per heavy atom. The highest BCUT2D eigenvalue weighted by Gasteiger charge is 2.34.